The summed E-state index contributed by atoms with van der Waals surface area (Å²) >= 11 is 0. The van der Waals surface area contributed by atoms with Gasteiger partial charge in [0.05, 0.1) is 0 Å². The Balaban J connectivity index is 2.18. The predicted molar refractivity (Wildman–Crippen MR) is 57.1 cm³/mol. The molecule has 3 aliphatic carbocycles. The molecule has 80 valence electrons. The third-order valence-corrected chi connectivity index (χ3v) is 3.92. The normalized spacial score (nSPS) is 32.7. The molecule has 0 aromatic heterocycles. The topological polar surface area (TPSA) is 66.5 Å². The average Bonchev–Trinajstić information content (AvgIpc) is 2.21. The molecule has 0 unspecified atom stereocenters. The molecule has 4 N–H and O–H groups in total. The number of hydrogen-bond donors (Lipinski definition) is 3. The van der Waals surface area contributed by atoms with Crippen LogP contribution in [0.4, 0.5) is 0 Å². The van der Waals surface area contributed by atoms with Crippen molar-refractivity contribution < 1.29 is 10.2 Å². The molecule has 0 spiro atoms. The number of phenols is 2. The van der Waals surface area contributed by atoms with E-state index < -0.39 is 0 Å². The molecule has 1 saturated carbocycles. The van der Waals surface area contributed by atoms with Gasteiger partial charge in [-0.05, 0) is 54.4 Å². The van der Waals surface area contributed by atoms with Crippen molar-refractivity contribution in [2.45, 2.75) is 37.1 Å². The summed E-state index contributed by atoms with van der Waals surface area (Å²) in [6.45, 7) is 0. The van der Waals surface area contributed by atoms with E-state index in [1.54, 1.807) is 12.1 Å². The van der Waals surface area contributed by atoms with Gasteiger partial charge in [-0.1, -0.05) is 0 Å². The number of fused-ring (bicyclic) bond motifs is 2. The largest absolute Gasteiger partial charge is 0.504 e. The van der Waals surface area contributed by atoms with Gasteiger partial charge in [0.15, 0.2) is 11.5 Å². The lowest BCUT2D eigenvalue weighted by Crippen LogP contribution is -2.39. The van der Waals surface area contributed by atoms with Crippen LogP contribution in [0.25, 0.3) is 0 Å². The highest BCUT2D eigenvalue weighted by atomic mass is 16.3. The lowest BCUT2D eigenvalue weighted by Gasteiger charge is -2.42. The van der Waals surface area contributed by atoms with E-state index in [1.165, 1.54) is 5.56 Å². The third kappa shape index (κ3) is 1.16. The van der Waals surface area contributed by atoms with E-state index in [1.807, 2.05) is 0 Å². The number of aromatic hydroxyl groups is 2. The average molecular weight is 205 g/mol. The molecule has 4 rings (SSSR count). The number of phenolic OH excluding ortho intramolecular Hbond substituents is 2. The fraction of sp³-hybridized carbons (Fsp3) is 0.500. The molecule has 3 nitrogen and oxygen atoms in total. The molecule has 0 saturated heterocycles. The van der Waals surface area contributed by atoms with Crippen molar-refractivity contribution in [3.05, 3.63) is 23.3 Å². The lowest BCUT2D eigenvalue weighted by molar-refractivity contribution is 0.309. The Bertz CT molecular complexity index is 416. The highest BCUT2D eigenvalue weighted by molar-refractivity contribution is 5.51. The Hall–Kier alpha value is -1.22. The van der Waals surface area contributed by atoms with Crippen LogP contribution in [0, 0.1) is 0 Å². The highest BCUT2D eigenvalue weighted by Gasteiger charge is 2.38. The second-order valence-corrected chi connectivity index (χ2v) is 4.75. The van der Waals surface area contributed by atoms with Gasteiger partial charge in [-0.2, -0.15) is 0 Å². The minimum absolute atomic E-state index is 0.00475. The summed E-state index contributed by atoms with van der Waals surface area (Å²) in [5.41, 5.74) is 8.43. The molecule has 1 aromatic rings. The maximum Gasteiger partial charge on any atom is 0.157 e. The molecule has 0 amide bonds. The molecule has 1 fully saturated rings. The van der Waals surface area contributed by atoms with Gasteiger partial charge in [0, 0.05) is 6.04 Å². The highest BCUT2D eigenvalue weighted by Crippen LogP contribution is 2.51. The summed E-state index contributed by atoms with van der Waals surface area (Å²) in [7, 11) is 0. The van der Waals surface area contributed by atoms with E-state index in [2.05, 4.69) is 0 Å². The summed E-state index contributed by atoms with van der Waals surface area (Å²) in [4.78, 5) is 0. The molecule has 3 heteroatoms. The Kier molecular flexibility index (Phi) is 1.74. The predicted octanol–water partition coefficient (Wildman–Crippen LogP) is 1.79. The van der Waals surface area contributed by atoms with Crippen LogP contribution in [-0.4, -0.2) is 16.3 Å². The molecular weight excluding hydrogens is 190 g/mol. The summed E-state index contributed by atoms with van der Waals surface area (Å²) < 4.78 is 0. The minimum atomic E-state index is -0.0199. The first kappa shape index (κ1) is 9.04. The number of nitrogens with two attached hydrogens (primary N) is 1. The molecule has 1 aromatic carbocycles. The first-order chi connectivity index (χ1) is 7.16. The molecule has 0 aliphatic heterocycles. The maximum atomic E-state index is 9.50. The van der Waals surface area contributed by atoms with Crippen LogP contribution >= 0.6 is 0 Å². The van der Waals surface area contributed by atoms with Crippen LogP contribution in [-0.2, 0) is 0 Å². The second kappa shape index (κ2) is 2.89. The van der Waals surface area contributed by atoms with Crippen molar-refractivity contribution in [1.29, 1.82) is 0 Å². The van der Waals surface area contributed by atoms with E-state index in [0.29, 0.717) is 11.8 Å². The first-order valence-corrected chi connectivity index (χ1v) is 5.48. The molecule has 3 atom stereocenters. The second-order valence-electron chi connectivity index (χ2n) is 4.75. The van der Waals surface area contributed by atoms with Gasteiger partial charge in [0.2, 0.25) is 0 Å². The molecular formula is C12H15NO2. The fourth-order valence-electron chi connectivity index (χ4n) is 3.16. The molecule has 3 aliphatic rings. The van der Waals surface area contributed by atoms with Gasteiger partial charge in [-0.25, -0.2) is 0 Å². The Labute approximate surface area is 88.5 Å². The van der Waals surface area contributed by atoms with Crippen molar-refractivity contribution in [3.63, 3.8) is 0 Å². The first-order valence-electron chi connectivity index (χ1n) is 5.48. The van der Waals surface area contributed by atoms with Crippen molar-refractivity contribution in [2.75, 3.05) is 0 Å². The molecule has 15 heavy (non-hydrogen) atoms. The quantitative estimate of drug-likeness (QED) is 0.566. The monoisotopic (exact) mass is 205 g/mol. The van der Waals surface area contributed by atoms with E-state index >= 15 is 0 Å². The summed E-state index contributed by atoms with van der Waals surface area (Å²) in [6.07, 6.45) is 3.29. The zero-order valence-corrected chi connectivity index (χ0v) is 8.48. The van der Waals surface area contributed by atoms with Crippen LogP contribution in [0.5, 0.6) is 11.5 Å². The summed E-state index contributed by atoms with van der Waals surface area (Å²) in [5, 5.41) is 19.0. The van der Waals surface area contributed by atoms with Gasteiger partial charge >= 0.3 is 0 Å². The zero-order valence-electron chi connectivity index (χ0n) is 8.48. The van der Waals surface area contributed by atoms with Gasteiger partial charge in [-0.15, -0.1) is 0 Å². The van der Waals surface area contributed by atoms with Crippen molar-refractivity contribution in [2.24, 2.45) is 5.73 Å². The van der Waals surface area contributed by atoms with Crippen LogP contribution < -0.4 is 5.73 Å². The van der Waals surface area contributed by atoms with E-state index in [9.17, 15) is 10.2 Å². The Morgan fingerprint density at radius 3 is 2.40 bits per heavy atom. The lowest BCUT2D eigenvalue weighted by atomic mass is 9.65. The smallest absolute Gasteiger partial charge is 0.157 e. The van der Waals surface area contributed by atoms with Crippen molar-refractivity contribution >= 4 is 0 Å². The SMILES string of the molecule is N[C@@H]1C[C@@H]2CC[C@H]1c1cc(O)c(O)cc12. The summed E-state index contributed by atoms with van der Waals surface area (Å²) in [6, 6.07) is 3.63. The van der Waals surface area contributed by atoms with Crippen LogP contribution in [0.2, 0.25) is 0 Å². The van der Waals surface area contributed by atoms with Crippen LogP contribution in [0.3, 0.4) is 0 Å². The number of benzene rings is 1. The van der Waals surface area contributed by atoms with E-state index in [-0.39, 0.29) is 17.5 Å². The van der Waals surface area contributed by atoms with E-state index in [0.717, 1.165) is 24.8 Å². The number of hydrogen-bond acceptors (Lipinski definition) is 3. The van der Waals surface area contributed by atoms with E-state index in [4.69, 9.17) is 5.73 Å². The van der Waals surface area contributed by atoms with Crippen molar-refractivity contribution in [3.8, 4) is 11.5 Å². The van der Waals surface area contributed by atoms with Crippen LogP contribution in [0.15, 0.2) is 12.1 Å². The standard InChI is InChI=1S/C12H15NO2/c13-10-3-6-1-2-7(10)9-5-12(15)11(14)4-8(6)9/h4-7,10,14-15H,1-3,13H2/t6-,7-,10+/m0/s1. The summed E-state index contributed by atoms with van der Waals surface area (Å²) in [5.74, 6) is 0.825. The Morgan fingerprint density at radius 2 is 1.73 bits per heavy atom. The van der Waals surface area contributed by atoms with Gasteiger partial charge in [0.1, 0.15) is 0 Å². The van der Waals surface area contributed by atoms with Gasteiger partial charge in [-0.3, -0.25) is 0 Å². The van der Waals surface area contributed by atoms with Crippen LogP contribution in [0.1, 0.15) is 42.2 Å². The van der Waals surface area contributed by atoms with Crippen molar-refractivity contribution in [1.82, 2.24) is 0 Å². The molecule has 0 radical (unpaired) electrons. The molecule has 2 bridgehead atoms. The number of rotatable bonds is 0. The minimum Gasteiger partial charge on any atom is -0.504 e. The fourth-order valence-corrected chi connectivity index (χ4v) is 3.16. The van der Waals surface area contributed by atoms with Gasteiger partial charge < -0.3 is 15.9 Å². The Morgan fingerprint density at radius 1 is 1.07 bits per heavy atom. The maximum absolute atomic E-state index is 9.50. The zero-order chi connectivity index (χ0) is 10.6. The molecule has 0 heterocycles. The third-order valence-electron chi connectivity index (χ3n) is 3.92. The van der Waals surface area contributed by atoms with Gasteiger partial charge in [0.25, 0.3) is 0 Å².